The van der Waals surface area contributed by atoms with Gasteiger partial charge < -0.3 is 10.4 Å². The Balaban J connectivity index is 2.78. The van der Waals surface area contributed by atoms with Gasteiger partial charge in [-0.15, -0.1) is 0 Å². The van der Waals surface area contributed by atoms with Crippen LogP contribution in [0.3, 0.4) is 0 Å². The average Bonchev–Trinajstić information content (AvgIpc) is 2.45. The maximum absolute atomic E-state index is 11.8. The standard InChI is InChI=1S/C13H15NO3/c1-6-7(2)10-9(5-8(6)11(15)16)13(3,4)12(17)14-10/h5H,1-4H3,(H,14,17)(H,15,16). The van der Waals surface area contributed by atoms with Crippen molar-refractivity contribution in [1.29, 1.82) is 0 Å². The van der Waals surface area contributed by atoms with E-state index in [1.165, 1.54) is 0 Å². The van der Waals surface area contributed by atoms with Gasteiger partial charge in [0.2, 0.25) is 5.91 Å². The predicted molar refractivity (Wildman–Crippen MR) is 64.5 cm³/mol. The van der Waals surface area contributed by atoms with Gasteiger partial charge >= 0.3 is 5.97 Å². The summed E-state index contributed by atoms with van der Waals surface area (Å²) < 4.78 is 0. The van der Waals surface area contributed by atoms with Crippen LogP contribution in [-0.2, 0) is 10.2 Å². The van der Waals surface area contributed by atoms with Crippen LogP contribution in [0.4, 0.5) is 5.69 Å². The maximum Gasteiger partial charge on any atom is 0.335 e. The summed E-state index contributed by atoms with van der Waals surface area (Å²) in [5.41, 5.74) is 2.67. The lowest BCUT2D eigenvalue weighted by Crippen LogP contribution is -2.27. The van der Waals surface area contributed by atoms with Crippen LogP contribution in [0.2, 0.25) is 0 Å². The summed E-state index contributed by atoms with van der Waals surface area (Å²) in [6.45, 7) is 7.20. The molecule has 1 aliphatic heterocycles. The maximum atomic E-state index is 11.8. The molecule has 0 saturated carbocycles. The van der Waals surface area contributed by atoms with Gasteiger partial charge in [-0.1, -0.05) is 0 Å². The third kappa shape index (κ3) is 1.44. The Morgan fingerprint density at radius 2 is 1.88 bits per heavy atom. The van der Waals surface area contributed by atoms with E-state index in [-0.39, 0.29) is 11.5 Å². The van der Waals surface area contributed by atoms with Gasteiger partial charge in [-0.05, 0) is 50.5 Å². The fourth-order valence-corrected chi connectivity index (χ4v) is 2.18. The van der Waals surface area contributed by atoms with Gasteiger partial charge in [-0.3, -0.25) is 4.79 Å². The minimum Gasteiger partial charge on any atom is -0.478 e. The highest BCUT2D eigenvalue weighted by Gasteiger charge is 2.40. The topological polar surface area (TPSA) is 66.4 Å². The van der Waals surface area contributed by atoms with E-state index in [1.807, 2.05) is 6.92 Å². The number of fused-ring (bicyclic) bond motifs is 1. The van der Waals surface area contributed by atoms with E-state index in [9.17, 15) is 9.59 Å². The van der Waals surface area contributed by atoms with Crippen LogP contribution >= 0.6 is 0 Å². The number of rotatable bonds is 1. The zero-order valence-corrected chi connectivity index (χ0v) is 10.3. The van der Waals surface area contributed by atoms with Crippen LogP contribution in [0.15, 0.2) is 6.07 Å². The predicted octanol–water partition coefficient (Wildman–Crippen LogP) is 2.23. The molecular formula is C13H15NO3. The van der Waals surface area contributed by atoms with Gasteiger partial charge in [-0.2, -0.15) is 0 Å². The number of anilines is 1. The van der Waals surface area contributed by atoms with Crippen LogP contribution in [0.5, 0.6) is 0 Å². The van der Waals surface area contributed by atoms with Crippen LogP contribution in [0, 0.1) is 13.8 Å². The lowest BCUT2D eigenvalue weighted by molar-refractivity contribution is -0.119. The Bertz CT molecular complexity index is 544. The number of carboxylic acid groups (broad SMARTS) is 1. The summed E-state index contributed by atoms with van der Waals surface area (Å²) in [5.74, 6) is -1.04. The molecule has 1 aromatic rings. The third-order valence-corrected chi connectivity index (χ3v) is 3.61. The number of amides is 1. The Morgan fingerprint density at radius 3 is 2.41 bits per heavy atom. The average molecular weight is 233 g/mol. The minimum absolute atomic E-state index is 0.0856. The molecule has 0 aromatic heterocycles. The molecule has 4 heteroatoms. The highest BCUT2D eigenvalue weighted by molar-refractivity contribution is 6.07. The molecule has 0 saturated heterocycles. The Morgan fingerprint density at radius 1 is 1.29 bits per heavy atom. The van der Waals surface area contributed by atoms with Crippen LogP contribution in [0.1, 0.15) is 40.9 Å². The summed E-state index contributed by atoms with van der Waals surface area (Å²) in [7, 11) is 0. The van der Waals surface area contributed by atoms with Crippen LogP contribution < -0.4 is 5.32 Å². The van der Waals surface area contributed by atoms with E-state index in [0.717, 1.165) is 16.8 Å². The largest absolute Gasteiger partial charge is 0.478 e. The van der Waals surface area contributed by atoms with E-state index in [4.69, 9.17) is 5.11 Å². The second kappa shape index (κ2) is 3.32. The van der Waals surface area contributed by atoms with E-state index in [1.54, 1.807) is 26.8 Å². The minimum atomic E-state index is -0.955. The van der Waals surface area contributed by atoms with Gasteiger partial charge in [0.25, 0.3) is 0 Å². The summed E-state index contributed by atoms with van der Waals surface area (Å²) in [5, 5.41) is 12.0. The Hall–Kier alpha value is -1.84. The van der Waals surface area contributed by atoms with Crippen molar-refractivity contribution in [2.24, 2.45) is 0 Å². The molecule has 1 aliphatic rings. The highest BCUT2D eigenvalue weighted by Crippen LogP contribution is 2.41. The van der Waals surface area contributed by atoms with Crippen molar-refractivity contribution >= 4 is 17.6 Å². The van der Waals surface area contributed by atoms with Crippen molar-refractivity contribution in [2.75, 3.05) is 5.32 Å². The van der Waals surface area contributed by atoms with E-state index in [2.05, 4.69) is 5.32 Å². The second-order valence-electron chi connectivity index (χ2n) is 4.98. The van der Waals surface area contributed by atoms with Gasteiger partial charge in [0.1, 0.15) is 0 Å². The summed E-state index contributed by atoms with van der Waals surface area (Å²) in [6.07, 6.45) is 0. The van der Waals surface area contributed by atoms with E-state index < -0.39 is 11.4 Å². The number of carboxylic acids is 1. The van der Waals surface area contributed by atoms with Crippen molar-refractivity contribution in [2.45, 2.75) is 33.1 Å². The molecule has 0 unspecified atom stereocenters. The SMILES string of the molecule is Cc1c(C(=O)O)cc2c(c1C)NC(=O)C2(C)C. The number of carbonyl (C=O) groups is 2. The first-order valence-corrected chi connectivity index (χ1v) is 5.46. The Kier molecular flexibility index (Phi) is 2.28. The van der Waals surface area contributed by atoms with Crippen LogP contribution in [0.25, 0.3) is 0 Å². The van der Waals surface area contributed by atoms with Crippen molar-refractivity contribution < 1.29 is 14.7 Å². The number of benzene rings is 1. The lowest BCUT2D eigenvalue weighted by Gasteiger charge is -2.17. The molecule has 0 aliphatic carbocycles. The highest BCUT2D eigenvalue weighted by atomic mass is 16.4. The molecule has 2 rings (SSSR count). The molecule has 1 heterocycles. The van der Waals surface area contributed by atoms with Gasteiger partial charge in [-0.25, -0.2) is 4.79 Å². The summed E-state index contributed by atoms with van der Waals surface area (Å²) in [4.78, 5) is 23.0. The van der Waals surface area contributed by atoms with E-state index >= 15 is 0 Å². The molecule has 2 N–H and O–H groups in total. The van der Waals surface area contributed by atoms with Crippen molar-refractivity contribution in [3.05, 3.63) is 28.3 Å². The fourth-order valence-electron chi connectivity index (χ4n) is 2.18. The Labute approximate surface area is 99.6 Å². The number of nitrogens with one attached hydrogen (secondary N) is 1. The smallest absolute Gasteiger partial charge is 0.335 e. The van der Waals surface area contributed by atoms with Crippen molar-refractivity contribution in [3.8, 4) is 0 Å². The first-order valence-electron chi connectivity index (χ1n) is 5.46. The molecular weight excluding hydrogens is 218 g/mol. The number of aromatic carboxylic acids is 1. The molecule has 0 radical (unpaired) electrons. The second-order valence-corrected chi connectivity index (χ2v) is 4.98. The zero-order chi connectivity index (χ0) is 13.0. The third-order valence-electron chi connectivity index (χ3n) is 3.61. The summed E-state index contributed by atoms with van der Waals surface area (Å²) in [6, 6.07) is 1.61. The first-order chi connectivity index (χ1) is 7.76. The van der Waals surface area contributed by atoms with E-state index in [0.29, 0.717) is 5.56 Å². The zero-order valence-electron chi connectivity index (χ0n) is 10.3. The van der Waals surface area contributed by atoms with Gasteiger partial charge in [0.15, 0.2) is 0 Å². The fraction of sp³-hybridized carbons (Fsp3) is 0.385. The normalized spacial score (nSPS) is 16.6. The molecule has 0 spiro atoms. The number of carbonyl (C=O) groups excluding carboxylic acids is 1. The van der Waals surface area contributed by atoms with Crippen molar-refractivity contribution in [3.63, 3.8) is 0 Å². The molecule has 0 atom stereocenters. The van der Waals surface area contributed by atoms with Crippen molar-refractivity contribution in [1.82, 2.24) is 0 Å². The molecule has 1 amide bonds. The van der Waals surface area contributed by atoms with Crippen LogP contribution in [-0.4, -0.2) is 17.0 Å². The van der Waals surface area contributed by atoms with Gasteiger partial charge in [0.05, 0.1) is 11.0 Å². The molecule has 4 nitrogen and oxygen atoms in total. The number of hydrogen-bond donors (Lipinski definition) is 2. The molecule has 0 bridgehead atoms. The monoisotopic (exact) mass is 233 g/mol. The lowest BCUT2D eigenvalue weighted by atomic mass is 9.83. The molecule has 1 aromatic carbocycles. The quantitative estimate of drug-likeness (QED) is 0.781. The molecule has 17 heavy (non-hydrogen) atoms. The summed E-state index contributed by atoms with van der Waals surface area (Å²) >= 11 is 0. The number of hydrogen-bond acceptors (Lipinski definition) is 2. The molecule has 0 fully saturated rings. The molecule has 90 valence electrons. The van der Waals surface area contributed by atoms with Gasteiger partial charge in [0, 0.05) is 5.69 Å². The first kappa shape index (κ1) is 11.6.